The van der Waals surface area contributed by atoms with Crippen molar-refractivity contribution in [3.05, 3.63) is 59.7 Å². The van der Waals surface area contributed by atoms with Crippen LogP contribution in [0, 0.1) is 11.8 Å². The Balaban J connectivity index is 1.30. The van der Waals surface area contributed by atoms with Gasteiger partial charge in [-0.1, -0.05) is 135 Å². The van der Waals surface area contributed by atoms with Crippen LogP contribution >= 0.6 is 21.6 Å². The minimum atomic E-state index is 0.426. The van der Waals surface area contributed by atoms with Gasteiger partial charge in [0.05, 0.1) is 0 Å². The maximum atomic E-state index is 2.54. The van der Waals surface area contributed by atoms with Crippen LogP contribution in [0.3, 0.4) is 0 Å². The van der Waals surface area contributed by atoms with Crippen molar-refractivity contribution in [2.24, 2.45) is 11.8 Å². The minimum Gasteiger partial charge on any atom is -0.0619 e. The van der Waals surface area contributed by atoms with Crippen LogP contribution in [0.5, 0.6) is 0 Å². The first kappa shape index (κ1) is 27.3. The molecule has 0 heterocycles. The van der Waals surface area contributed by atoms with Gasteiger partial charge in [-0.15, -0.1) is 0 Å². The summed E-state index contributed by atoms with van der Waals surface area (Å²) < 4.78 is 0. The third-order valence-corrected chi connectivity index (χ3v) is 13.8. The van der Waals surface area contributed by atoms with Crippen molar-refractivity contribution in [3.8, 4) is 0 Å². The molecule has 2 heteroatoms. The van der Waals surface area contributed by atoms with Gasteiger partial charge in [0.1, 0.15) is 0 Å². The molecule has 0 nitrogen and oxygen atoms in total. The van der Waals surface area contributed by atoms with Crippen molar-refractivity contribution >= 4 is 21.6 Å². The lowest BCUT2D eigenvalue weighted by molar-refractivity contribution is 0.145. The Kier molecular flexibility index (Phi) is 9.17. The average Bonchev–Trinajstić information content (AvgIpc) is 3.02. The molecule has 4 saturated carbocycles. The molecule has 2 aromatic rings. The molecule has 0 aromatic heterocycles. The predicted octanol–water partition coefficient (Wildman–Crippen LogP) is 12.1. The molecule has 0 aliphatic heterocycles. The molecule has 0 atom stereocenters. The standard InChI is InChI=1S/C36H50S2/c1-5-17-29(18-6-1)35(25-13-3-14-26-35)31-21-9-11-23-33(31)37-38-34-24-12-10-22-32(34)36(27-15-4-16-28-36)30-19-7-2-8-20-30/h9-12,21-24,29-30H,1-8,13-20,25-28H2. The lowest BCUT2D eigenvalue weighted by Gasteiger charge is -2.47. The Hall–Kier alpha value is -0.860. The van der Waals surface area contributed by atoms with E-state index in [1.54, 1.807) is 20.9 Å². The van der Waals surface area contributed by atoms with Crippen molar-refractivity contribution in [1.29, 1.82) is 0 Å². The zero-order valence-electron chi connectivity index (χ0n) is 23.7. The molecule has 0 bridgehead atoms. The normalized spacial score (nSPS) is 24.7. The largest absolute Gasteiger partial charge is 0.0619 e. The first-order chi connectivity index (χ1) is 18.8. The highest BCUT2D eigenvalue weighted by molar-refractivity contribution is 8.76. The topological polar surface area (TPSA) is 0 Å². The second-order valence-corrected chi connectivity index (χ2v) is 15.5. The van der Waals surface area contributed by atoms with E-state index in [2.05, 4.69) is 70.1 Å². The number of rotatable bonds is 7. The van der Waals surface area contributed by atoms with Gasteiger partial charge in [0, 0.05) is 9.79 Å². The van der Waals surface area contributed by atoms with Gasteiger partial charge in [-0.05, 0) is 97.3 Å². The maximum absolute atomic E-state index is 2.54. The fraction of sp³-hybridized carbons (Fsp3) is 0.667. The molecule has 6 rings (SSSR count). The number of benzene rings is 2. The van der Waals surface area contributed by atoms with Crippen LogP contribution in [0.4, 0.5) is 0 Å². The van der Waals surface area contributed by atoms with Crippen molar-refractivity contribution in [2.45, 2.75) is 149 Å². The van der Waals surface area contributed by atoms with E-state index in [1.165, 1.54) is 128 Å². The summed E-state index contributed by atoms with van der Waals surface area (Å²) in [7, 11) is 4.19. The van der Waals surface area contributed by atoms with E-state index < -0.39 is 0 Å². The lowest BCUT2D eigenvalue weighted by atomic mass is 9.58. The quantitative estimate of drug-likeness (QED) is 0.317. The summed E-state index contributed by atoms with van der Waals surface area (Å²) in [5, 5.41) is 0. The second-order valence-electron chi connectivity index (χ2n) is 13.3. The van der Waals surface area contributed by atoms with Crippen molar-refractivity contribution in [3.63, 3.8) is 0 Å². The highest BCUT2D eigenvalue weighted by Gasteiger charge is 2.44. The van der Waals surface area contributed by atoms with E-state index in [0.29, 0.717) is 10.8 Å². The van der Waals surface area contributed by atoms with Crippen LogP contribution < -0.4 is 0 Å². The van der Waals surface area contributed by atoms with Gasteiger partial charge in [-0.25, -0.2) is 0 Å². The summed E-state index contributed by atoms with van der Waals surface area (Å²) in [6.07, 6.45) is 28.8. The summed E-state index contributed by atoms with van der Waals surface area (Å²) in [4.78, 5) is 3.13. The molecular weight excluding hydrogens is 497 g/mol. The first-order valence-corrected chi connectivity index (χ1v) is 18.5. The molecule has 0 N–H and O–H groups in total. The van der Waals surface area contributed by atoms with Gasteiger partial charge in [0.25, 0.3) is 0 Å². The summed E-state index contributed by atoms with van der Waals surface area (Å²) in [5.74, 6) is 1.79. The Labute approximate surface area is 241 Å². The van der Waals surface area contributed by atoms with Crippen LogP contribution in [0.2, 0.25) is 0 Å². The third-order valence-electron chi connectivity index (χ3n) is 11.3. The van der Waals surface area contributed by atoms with Crippen molar-refractivity contribution in [2.75, 3.05) is 0 Å². The lowest BCUT2D eigenvalue weighted by Crippen LogP contribution is -2.39. The Morgan fingerprint density at radius 2 is 0.763 bits per heavy atom. The van der Waals surface area contributed by atoms with Crippen LogP contribution in [0.15, 0.2) is 58.3 Å². The molecule has 2 aromatic carbocycles. The van der Waals surface area contributed by atoms with Crippen LogP contribution in [-0.2, 0) is 10.8 Å². The van der Waals surface area contributed by atoms with E-state index in [0.717, 1.165) is 11.8 Å². The van der Waals surface area contributed by atoms with E-state index >= 15 is 0 Å². The SMILES string of the molecule is c1ccc(C2(C3CCCCC3)CCCCC2)c(SSc2ccccc2C2(C3CCCCC3)CCCCC2)c1. The zero-order chi connectivity index (χ0) is 25.7. The van der Waals surface area contributed by atoms with Gasteiger partial charge in [0.15, 0.2) is 0 Å². The predicted molar refractivity (Wildman–Crippen MR) is 167 cm³/mol. The summed E-state index contributed by atoms with van der Waals surface area (Å²) >= 11 is 0. The Morgan fingerprint density at radius 1 is 0.421 bits per heavy atom. The monoisotopic (exact) mass is 546 g/mol. The van der Waals surface area contributed by atoms with Crippen LogP contribution in [-0.4, -0.2) is 0 Å². The summed E-state index contributed by atoms with van der Waals surface area (Å²) in [6, 6.07) is 19.3. The highest BCUT2D eigenvalue weighted by atomic mass is 33.1. The van der Waals surface area contributed by atoms with Gasteiger partial charge in [-0.2, -0.15) is 0 Å². The molecule has 0 unspecified atom stereocenters. The fourth-order valence-corrected chi connectivity index (χ4v) is 12.0. The number of hydrogen-bond acceptors (Lipinski definition) is 2. The van der Waals surface area contributed by atoms with E-state index in [1.807, 2.05) is 0 Å². The highest BCUT2D eigenvalue weighted by Crippen LogP contribution is 2.56. The van der Waals surface area contributed by atoms with Crippen molar-refractivity contribution in [1.82, 2.24) is 0 Å². The van der Waals surface area contributed by atoms with Crippen LogP contribution in [0.1, 0.15) is 140 Å². The molecule has 4 aliphatic rings. The van der Waals surface area contributed by atoms with Gasteiger partial charge >= 0.3 is 0 Å². The molecule has 38 heavy (non-hydrogen) atoms. The van der Waals surface area contributed by atoms with E-state index in [-0.39, 0.29) is 0 Å². The van der Waals surface area contributed by atoms with Crippen molar-refractivity contribution < 1.29 is 0 Å². The second kappa shape index (κ2) is 12.8. The molecular formula is C36H50S2. The minimum absolute atomic E-state index is 0.426. The van der Waals surface area contributed by atoms with Gasteiger partial charge in [-0.3, -0.25) is 0 Å². The van der Waals surface area contributed by atoms with E-state index in [9.17, 15) is 0 Å². The van der Waals surface area contributed by atoms with Gasteiger partial charge < -0.3 is 0 Å². The number of hydrogen-bond donors (Lipinski definition) is 0. The van der Waals surface area contributed by atoms with Crippen LogP contribution in [0.25, 0.3) is 0 Å². The molecule has 4 aliphatic carbocycles. The fourth-order valence-electron chi connectivity index (χ4n) is 9.46. The summed E-state index contributed by atoms with van der Waals surface area (Å²) in [5.41, 5.74) is 4.27. The smallest absolute Gasteiger partial charge is 0.0224 e. The molecule has 4 fully saturated rings. The first-order valence-electron chi connectivity index (χ1n) is 16.4. The van der Waals surface area contributed by atoms with E-state index in [4.69, 9.17) is 0 Å². The molecule has 0 amide bonds. The third kappa shape index (κ3) is 5.52. The molecule has 0 radical (unpaired) electrons. The Morgan fingerprint density at radius 3 is 1.16 bits per heavy atom. The maximum Gasteiger partial charge on any atom is 0.0224 e. The molecule has 206 valence electrons. The summed E-state index contributed by atoms with van der Waals surface area (Å²) in [6.45, 7) is 0. The molecule has 0 saturated heterocycles. The van der Waals surface area contributed by atoms with Gasteiger partial charge in [0.2, 0.25) is 0 Å². The Bertz CT molecular complexity index is 934. The average molecular weight is 547 g/mol. The zero-order valence-corrected chi connectivity index (χ0v) is 25.4. The molecule has 0 spiro atoms.